The van der Waals surface area contributed by atoms with E-state index in [1.807, 2.05) is 30.5 Å². The third kappa shape index (κ3) is 2.74. The van der Waals surface area contributed by atoms with Gasteiger partial charge in [-0.15, -0.1) is 0 Å². The van der Waals surface area contributed by atoms with Gasteiger partial charge in [0.2, 0.25) is 0 Å². The highest BCUT2D eigenvalue weighted by molar-refractivity contribution is 5.99. The molecule has 0 atom stereocenters. The summed E-state index contributed by atoms with van der Waals surface area (Å²) in [5.74, 6) is 0. The van der Waals surface area contributed by atoms with E-state index in [2.05, 4.69) is 15.5 Å². The molecule has 3 rings (SSSR count). The van der Waals surface area contributed by atoms with Gasteiger partial charge in [0.1, 0.15) is 0 Å². The number of hydrazone groups is 1. The molecule has 3 aromatic rings. The molecule has 0 aliphatic heterocycles. The number of rotatable bonds is 4. The van der Waals surface area contributed by atoms with Crippen LogP contribution in [-0.2, 0) is 0 Å². The summed E-state index contributed by atoms with van der Waals surface area (Å²) in [6.07, 6.45) is 3.54. The number of fused-ring (bicyclic) bond motifs is 1. The normalized spacial score (nSPS) is 11.0. The molecule has 0 aliphatic rings. The van der Waals surface area contributed by atoms with Crippen molar-refractivity contribution in [2.45, 2.75) is 0 Å². The van der Waals surface area contributed by atoms with Gasteiger partial charge < -0.3 is 4.98 Å². The number of H-pyrrole nitrogens is 1. The Kier molecular flexibility index (Phi) is 3.34. The number of nitro groups is 1. The van der Waals surface area contributed by atoms with Gasteiger partial charge in [0.05, 0.1) is 16.8 Å². The minimum Gasteiger partial charge on any atom is -0.361 e. The van der Waals surface area contributed by atoms with E-state index in [1.54, 1.807) is 18.3 Å². The van der Waals surface area contributed by atoms with E-state index < -0.39 is 4.92 Å². The molecule has 0 fully saturated rings. The standard InChI is InChI=1S/C15H12N4O2/c20-19(21)13-5-3-4-12(8-13)18-17-10-11-9-16-15-7-2-1-6-14(11)15/h1-10,16,18H/b17-10-. The lowest BCUT2D eigenvalue weighted by Gasteiger charge is -1.99. The number of nitrogens with one attached hydrogen (secondary N) is 2. The summed E-state index contributed by atoms with van der Waals surface area (Å²) < 4.78 is 0. The Morgan fingerprint density at radius 3 is 2.90 bits per heavy atom. The van der Waals surface area contributed by atoms with Crippen LogP contribution < -0.4 is 5.43 Å². The van der Waals surface area contributed by atoms with E-state index in [0.29, 0.717) is 5.69 Å². The van der Waals surface area contributed by atoms with Crippen LogP contribution in [0.5, 0.6) is 0 Å². The lowest BCUT2D eigenvalue weighted by Crippen LogP contribution is -1.92. The molecule has 0 saturated carbocycles. The lowest BCUT2D eigenvalue weighted by atomic mass is 10.2. The first-order valence-corrected chi connectivity index (χ1v) is 6.34. The zero-order valence-corrected chi connectivity index (χ0v) is 11.0. The molecule has 0 spiro atoms. The average Bonchev–Trinajstić information content (AvgIpc) is 2.91. The number of nitrogens with zero attached hydrogens (tertiary/aromatic N) is 2. The summed E-state index contributed by atoms with van der Waals surface area (Å²) in [6.45, 7) is 0. The monoisotopic (exact) mass is 280 g/mol. The number of aromatic amines is 1. The molecule has 0 unspecified atom stereocenters. The van der Waals surface area contributed by atoms with Gasteiger partial charge in [0, 0.05) is 34.8 Å². The van der Waals surface area contributed by atoms with E-state index >= 15 is 0 Å². The lowest BCUT2D eigenvalue weighted by molar-refractivity contribution is -0.384. The second-order valence-corrected chi connectivity index (χ2v) is 4.47. The minimum absolute atomic E-state index is 0.0299. The Labute approximate surface area is 120 Å². The number of para-hydroxylation sites is 1. The number of hydrogen-bond donors (Lipinski definition) is 2. The molecule has 2 N–H and O–H groups in total. The predicted octanol–water partition coefficient (Wildman–Crippen LogP) is 3.52. The number of benzene rings is 2. The first kappa shape index (κ1) is 12.9. The zero-order chi connectivity index (χ0) is 14.7. The van der Waals surface area contributed by atoms with Gasteiger partial charge in [-0.3, -0.25) is 15.5 Å². The molecular formula is C15H12N4O2. The maximum Gasteiger partial charge on any atom is 0.271 e. The van der Waals surface area contributed by atoms with Crippen LogP contribution >= 0.6 is 0 Å². The number of anilines is 1. The van der Waals surface area contributed by atoms with Gasteiger partial charge in [0.25, 0.3) is 5.69 Å². The number of non-ortho nitro benzene ring substituents is 1. The Hall–Kier alpha value is -3.15. The summed E-state index contributed by atoms with van der Waals surface area (Å²) in [7, 11) is 0. The number of aromatic nitrogens is 1. The van der Waals surface area contributed by atoms with Crippen molar-refractivity contribution in [3.8, 4) is 0 Å². The number of nitro benzene ring substituents is 1. The van der Waals surface area contributed by atoms with E-state index in [0.717, 1.165) is 16.5 Å². The average molecular weight is 280 g/mol. The van der Waals surface area contributed by atoms with Gasteiger partial charge >= 0.3 is 0 Å². The molecule has 6 heteroatoms. The van der Waals surface area contributed by atoms with Crippen LogP contribution in [0.3, 0.4) is 0 Å². The topological polar surface area (TPSA) is 83.3 Å². The number of hydrogen-bond acceptors (Lipinski definition) is 4. The molecule has 21 heavy (non-hydrogen) atoms. The van der Waals surface area contributed by atoms with E-state index in [1.165, 1.54) is 12.1 Å². The molecule has 0 saturated heterocycles. The van der Waals surface area contributed by atoms with Gasteiger partial charge in [-0.1, -0.05) is 24.3 Å². The molecule has 0 radical (unpaired) electrons. The van der Waals surface area contributed by atoms with E-state index in [4.69, 9.17) is 0 Å². The van der Waals surface area contributed by atoms with Crippen molar-refractivity contribution in [2.75, 3.05) is 5.43 Å². The molecule has 104 valence electrons. The van der Waals surface area contributed by atoms with Crippen molar-refractivity contribution in [3.63, 3.8) is 0 Å². The quantitative estimate of drug-likeness (QED) is 0.435. The van der Waals surface area contributed by atoms with Crippen LogP contribution in [0.25, 0.3) is 10.9 Å². The molecule has 2 aromatic carbocycles. The fourth-order valence-corrected chi connectivity index (χ4v) is 2.07. The summed E-state index contributed by atoms with van der Waals surface area (Å²) in [5, 5.41) is 15.9. The highest BCUT2D eigenvalue weighted by Gasteiger charge is 2.04. The van der Waals surface area contributed by atoms with Gasteiger partial charge in [-0.05, 0) is 12.1 Å². The van der Waals surface area contributed by atoms with Crippen LogP contribution in [-0.4, -0.2) is 16.1 Å². The molecule has 1 aromatic heterocycles. The van der Waals surface area contributed by atoms with Crippen LogP contribution in [0.15, 0.2) is 59.8 Å². The maximum absolute atomic E-state index is 10.7. The van der Waals surface area contributed by atoms with Crippen molar-refractivity contribution in [1.29, 1.82) is 0 Å². The third-order valence-electron chi connectivity index (χ3n) is 3.08. The highest BCUT2D eigenvalue weighted by atomic mass is 16.6. The fraction of sp³-hybridized carbons (Fsp3) is 0. The molecule has 0 bridgehead atoms. The first-order valence-electron chi connectivity index (χ1n) is 6.34. The molecule has 6 nitrogen and oxygen atoms in total. The van der Waals surface area contributed by atoms with Crippen molar-refractivity contribution < 1.29 is 4.92 Å². The van der Waals surface area contributed by atoms with Crippen molar-refractivity contribution in [1.82, 2.24) is 4.98 Å². The van der Waals surface area contributed by atoms with Crippen LogP contribution in [0.2, 0.25) is 0 Å². The highest BCUT2D eigenvalue weighted by Crippen LogP contribution is 2.18. The smallest absolute Gasteiger partial charge is 0.271 e. The second kappa shape index (κ2) is 5.46. The van der Waals surface area contributed by atoms with Gasteiger partial charge in [0.15, 0.2) is 0 Å². The van der Waals surface area contributed by atoms with Gasteiger partial charge in [-0.2, -0.15) is 5.10 Å². The molecule has 0 amide bonds. The van der Waals surface area contributed by atoms with Gasteiger partial charge in [-0.25, -0.2) is 0 Å². The molecule has 0 aliphatic carbocycles. The van der Waals surface area contributed by atoms with Crippen molar-refractivity contribution in [3.05, 3.63) is 70.4 Å². The van der Waals surface area contributed by atoms with Crippen molar-refractivity contribution >= 4 is 28.5 Å². The SMILES string of the molecule is O=[N+]([O-])c1cccc(N/N=C\c2c[nH]c3ccccc23)c1. The van der Waals surface area contributed by atoms with E-state index in [-0.39, 0.29) is 5.69 Å². The fourth-order valence-electron chi connectivity index (χ4n) is 2.07. The summed E-state index contributed by atoms with van der Waals surface area (Å²) in [6, 6.07) is 14.1. The van der Waals surface area contributed by atoms with Crippen LogP contribution in [0, 0.1) is 10.1 Å². The second-order valence-electron chi connectivity index (χ2n) is 4.47. The Balaban J connectivity index is 1.78. The largest absolute Gasteiger partial charge is 0.361 e. The molecular weight excluding hydrogens is 268 g/mol. The first-order chi connectivity index (χ1) is 10.2. The summed E-state index contributed by atoms with van der Waals surface area (Å²) in [4.78, 5) is 13.4. The van der Waals surface area contributed by atoms with Crippen molar-refractivity contribution in [2.24, 2.45) is 5.10 Å². The third-order valence-corrected chi connectivity index (χ3v) is 3.08. The Morgan fingerprint density at radius 1 is 1.19 bits per heavy atom. The summed E-state index contributed by atoms with van der Waals surface area (Å²) >= 11 is 0. The minimum atomic E-state index is -0.436. The molecule has 1 heterocycles. The van der Waals surface area contributed by atoms with Crippen LogP contribution in [0.1, 0.15) is 5.56 Å². The summed E-state index contributed by atoms with van der Waals surface area (Å²) in [5.41, 5.74) is 5.38. The Bertz CT molecular complexity index is 823. The zero-order valence-electron chi connectivity index (χ0n) is 11.0. The Morgan fingerprint density at radius 2 is 2.05 bits per heavy atom. The maximum atomic E-state index is 10.7. The van der Waals surface area contributed by atoms with Crippen LogP contribution in [0.4, 0.5) is 11.4 Å². The predicted molar refractivity (Wildman–Crippen MR) is 82.6 cm³/mol. The van der Waals surface area contributed by atoms with E-state index in [9.17, 15) is 10.1 Å².